The first kappa shape index (κ1) is 17.4. The van der Waals surface area contributed by atoms with Crippen LogP contribution in [0.1, 0.15) is 16.2 Å². The van der Waals surface area contributed by atoms with Crippen LogP contribution in [0.15, 0.2) is 42.6 Å². The topological polar surface area (TPSA) is 98.5 Å². The average molecular weight is 368 g/mol. The minimum absolute atomic E-state index is 0.174. The molecule has 1 saturated heterocycles. The number of hydrogen-bond acceptors (Lipinski definition) is 6. The quantitative estimate of drug-likeness (QED) is 0.675. The Morgan fingerprint density at radius 3 is 2.89 bits per heavy atom. The standard InChI is InChI=1S/C19H20N4O4/c1-23-17(18(25)21-19(10-24)11-26-12-19)15-8-14(5-6-16(15)22-23)27-9-13-4-2-3-7-20-13/h2-8,24H,9-12H2,1H3,(H,21,25). The first-order valence-corrected chi connectivity index (χ1v) is 8.61. The Hall–Kier alpha value is -2.97. The highest BCUT2D eigenvalue weighted by Gasteiger charge is 2.40. The van der Waals surface area contributed by atoms with Gasteiger partial charge in [-0.1, -0.05) is 6.07 Å². The second-order valence-corrected chi connectivity index (χ2v) is 6.65. The molecule has 8 nitrogen and oxygen atoms in total. The Morgan fingerprint density at radius 1 is 1.37 bits per heavy atom. The molecule has 4 rings (SSSR count). The second kappa shape index (κ2) is 6.98. The highest BCUT2D eigenvalue weighted by Crippen LogP contribution is 2.25. The molecule has 0 unspecified atom stereocenters. The number of nitrogens with one attached hydrogen (secondary N) is 1. The van der Waals surface area contributed by atoms with Crippen molar-refractivity contribution >= 4 is 16.8 Å². The van der Waals surface area contributed by atoms with Crippen LogP contribution in [0.5, 0.6) is 5.75 Å². The van der Waals surface area contributed by atoms with Crippen molar-refractivity contribution in [3.63, 3.8) is 0 Å². The molecule has 140 valence electrons. The predicted molar refractivity (Wildman–Crippen MR) is 97.4 cm³/mol. The number of fused-ring (bicyclic) bond motifs is 1. The van der Waals surface area contributed by atoms with E-state index in [1.807, 2.05) is 30.3 Å². The molecule has 0 atom stereocenters. The molecule has 3 heterocycles. The molecular weight excluding hydrogens is 348 g/mol. The summed E-state index contributed by atoms with van der Waals surface area (Å²) >= 11 is 0. The van der Waals surface area contributed by atoms with Gasteiger partial charge in [-0.25, -0.2) is 0 Å². The largest absolute Gasteiger partial charge is 0.487 e. The summed E-state index contributed by atoms with van der Waals surface area (Å²) in [4.78, 5) is 17.0. The number of nitrogens with zero attached hydrogens (tertiary/aromatic N) is 3. The van der Waals surface area contributed by atoms with Crippen LogP contribution in [0, 0.1) is 0 Å². The van der Waals surface area contributed by atoms with Crippen molar-refractivity contribution < 1.29 is 19.4 Å². The second-order valence-electron chi connectivity index (χ2n) is 6.65. The molecular formula is C19H20N4O4. The molecule has 1 aliphatic heterocycles. The van der Waals surface area contributed by atoms with E-state index >= 15 is 0 Å². The Labute approximate surface area is 155 Å². The smallest absolute Gasteiger partial charge is 0.270 e. The number of benzene rings is 1. The van der Waals surface area contributed by atoms with Gasteiger partial charge >= 0.3 is 0 Å². The highest BCUT2D eigenvalue weighted by molar-refractivity contribution is 6.05. The number of aryl methyl sites for hydroxylation is 1. The summed E-state index contributed by atoms with van der Waals surface area (Å²) in [5.41, 5.74) is 1.20. The number of aliphatic hydroxyl groups excluding tert-OH is 1. The van der Waals surface area contributed by atoms with E-state index in [0.717, 1.165) is 5.69 Å². The first-order valence-electron chi connectivity index (χ1n) is 8.61. The van der Waals surface area contributed by atoms with Crippen LogP contribution in [0.3, 0.4) is 0 Å². The third kappa shape index (κ3) is 3.36. The maximum Gasteiger partial charge on any atom is 0.270 e. The van der Waals surface area contributed by atoms with Crippen molar-refractivity contribution in [2.75, 3.05) is 19.8 Å². The molecule has 3 aromatic rings. The highest BCUT2D eigenvalue weighted by atomic mass is 16.5. The fourth-order valence-electron chi connectivity index (χ4n) is 3.03. The number of ether oxygens (including phenoxy) is 2. The van der Waals surface area contributed by atoms with Gasteiger partial charge in [-0.2, -0.15) is 5.10 Å². The van der Waals surface area contributed by atoms with E-state index in [2.05, 4.69) is 15.4 Å². The molecule has 0 bridgehead atoms. The Kier molecular flexibility index (Phi) is 4.51. The monoisotopic (exact) mass is 368 g/mol. The van der Waals surface area contributed by atoms with Gasteiger partial charge in [-0.3, -0.25) is 14.5 Å². The van der Waals surface area contributed by atoms with Gasteiger partial charge < -0.3 is 19.9 Å². The third-order valence-electron chi connectivity index (χ3n) is 4.57. The number of hydrogen-bond donors (Lipinski definition) is 2. The molecule has 1 amide bonds. The van der Waals surface area contributed by atoms with Gasteiger partial charge in [0, 0.05) is 18.6 Å². The molecule has 0 spiro atoms. The summed E-state index contributed by atoms with van der Waals surface area (Å²) in [6.07, 6.45) is 1.71. The average Bonchev–Trinajstić information content (AvgIpc) is 2.99. The van der Waals surface area contributed by atoms with Gasteiger partial charge in [-0.05, 0) is 30.3 Å². The zero-order valence-electron chi connectivity index (χ0n) is 14.9. The maximum absolute atomic E-state index is 12.8. The fraction of sp³-hybridized carbons (Fsp3) is 0.316. The maximum atomic E-state index is 12.8. The predicted octanol–water partition coefficient (Wildman–Crippen LogP) is 1.04. The Bertz CT molecular complexity index is 961. The molecule has 0 aliphatic carbocycles. The van der Waals surface area contributed by atoms with E-state index in [0.29, 0.717) is 42.2 Å². The van der Waals surface area contributed by atoms with E-state index < -0.39 is 5.54 Å². The van der Waals surface area contributed by atoms with Gasteiger partial charge in [0.25, 0.3) is 5.91 Å². The Morgan fingerprint density at radius 2 is 2.22 bits per heavy atom. The Balaban J connectivity index is 1.59. The molecule has 1 aromatic carbocycles. The number of carbonyl (C=O) groups excluding carboxylic acids is 1. The van der Waals surface area contributed by atoms with E-state index in [1.54, 1.807) is 19.3 Å². The normalized spacial score (nSPS) is 15.3. The van der Waals surface area contributed by atoms with E-state index in [1.165, 1.54) is 4.68 Å². The van der Waals surface area contributed by atoms with E-state index in [-0.39, 0.29) is 12.5 Å². The van der Waals surface area contributed by atoms with E-state index in [9.17, 15) is 9.90 Å². The molecule has 1 fully saturated rings. The SMILES string of the molecule is Cn1nc2ccc(OCc3ccccn3)cc2c1C(=O)NC1(CO)COC1. The number of aromatic nitrogens is 3. The summed E-state index contributed by atoms with van der Waals surface area (Å²) in [6.45, 7) is 0.749. The number of pyridine rings is 1. The zero-order valence-corrected chi connectivity index (χ0v) is 14.9. The molecule has 2 aromatic heterocycles. The van der Waals surface area contributed by atoms with Crippen LogP contribution >= 0.6 is 0 Å². The van der Waals surface area contributed by atoms with Crippen LogP contribution in [-0.4, -0.2) is 51.1 Å². The van der Waals surface area contributed by atoms with Crippen molar-refractivity contribution in [2.24, 2.45) is 7.05 Å². The van der Waals surface area contributed by atoms with Crippen LogP contribution in [-0.2, 0) is 18.4 Å². The summed E-state index contributed by atoms with van der Waals surface area (Å²) in [7, 11) is 1.71. The zero-order chi connectivity index (χ0) is 18.9. The molecule has 8 heteroatoms. The number of carbonyl (C=O) groups is 1. The third-order valence-corrected chi connectivity index (χ3v) is 4.57. The minimum Gasteiger partial charge on any atom is -0.487 e. The summed E-state index contributed by atoms with van der Waals surface area (Å²) in [6, 6.07) is 11.1. The lowest BCUT2D eigenvalue weighted by Crippen LogP contribution is -2.64. The van der Waals surface area contributed by atoms with Crippen LogP contribution in [0.2, 0.25) is 0 Å². The van der Waals surface area contributed by atoms with Gasteiger partial charge in [0.05, 0.1) is 31.0 Å². The minimum atomic E-state index is -0.721. The number of aliphatic hydroxyl groups is 1. The van der Waals surface area contributed by atoms with Crippen LogP contribution in [0.4, 0.5) is 0 Å². The summed E-state index contributed by atoms with van der Waals surface area (Å²) in [5.74, 6) is 0.318. The van der Waals surface area contributed by atoms with Gasteiger partial charge in [-0.15, -0.1) is 0 Å². The summed E-state index contributed by atoms with van der Waals surface area (Å²) < 4.78 is 12.5. The van der Waals surface area contributed by atoms with Crippen molar-refractivity contribution in [3.8, 4) is 5.75 Å². The lowest BCUT2D eigenvalue weighted by Gasteiger charge is -2.40. The molecule has 0 radical (unpaired) electrons. The van der Waals surface area contributed by atoms with Gasteiger partial charge in [0.2, 0.25) is 0 Å². The number of amides is 1. The molecule has 1 aliphatic rings. The molecule has 2 N–H and O–H groups in total. The number of rotatable bonds is 6. The van der Waals surface area contributed by atoms with E-state index in [4.69, 9.17) is 9.47 Å². The van der Waals surface area contributed by atoms with Crippen molar-refractivity contribution in [3.05, 3.63) is 54.0 Å². The van der Waals surface area contributed by atoms with Crippen molar-refractivity contribution in [1.29, 1.82) is 0 Å². The van der Waals surface area contributed by atoms with Crippen LogP contribution < -0.4 is 10.1 Å². The summed E-state index contributed by atoms with van der Waals surface area (Å²) in [5, 5.41) is 17.5. The lowest BCUT2D eigenvalue weighted by molar-refractivity contribution is -0.0920. The molecule has 0 saturated carbocycles. The molecule has 27 heavy (non-hydrogen) atoms. The van der Waals surface area contributed by atoms with Crippen molar-refractivity contribution in [1.82, 2.24) is 20.1 Å². The van der Waals surface area contributed by atoms with Gasteiger partial charge in [0.15, 0.2) is 0 Å². The van der Waals surface area contributed by atoms with Gasteiger partial charge in [0.1, 0.15) is 23.6 Å². The van der Waals surface area contributed by atoms with Crippen molar-refractivity contribution in [2.45, 2.75) is 12.1 Å². The first-order chi connectivity index (χ1) is 13.1. The van der Waals surface area contributed by atoms with Crippen LogP contribution in [0.25, 0.3) is 10.9 Å². The lowest BCUT2D eigenvalue weighted by atomic mass is 9.98. The fourth-order valence-corrected chi connectivity index (χ4v) is 3.03.